The van der Waals surface area contributed by atoms with Gasteiger partial charge in [0.15, 0.2) is 22.6 Å². The topological polar surface area (TPSA) is 581 Å². The molecule has 46 nitrogen and oxygen atoms in total. The lowest BCUT2D eigenvalue weighted by Gasteiger charge is -2.37. The van der Waals surface area contributed by atoms with Crippen molar-refractivity contribution in [1.82, 2.24) is 67.7 Å². The number of nitrogens with two attached hydrogens (primary N) is 3. The normalized spacial score (nSPS) is 26.0. The van der Waals surface area contributed by atoms with Gasteiger partial charge in [0.05, 0.1) is 66.0 Å². The van der Waals surface area contributed by atoms with E-state index in [-0.39, 0.29) is 89.7 Å². The Hall–Kier alpha value is -7.94. The van der Waals surface area contributed by atoms with E-state index in [2.05, 4.69) is 106 Å². The van der Waals surface area contributed by atoms with Crippen LogP contribution in [0, 0.1) is 20.8 Å². The molecule has 0 unspecified atom stereocenters. The Labute approximate surface area is 763 Å². The van der Waals surface area contributed by atoms with Crippen LogP contribution in [-0.4, -0.2) is 182 Å². The molecule has 56 heteroatoms. The fourth-order valence-electron chi connectivity index (χ4n) is 15.5. The Kier molecular flexibility index (Phi) is 29.4. The van der Waals surface area contributed by atoms with Crippen molar-refractivity contribution in [2.24, 2.45) is 0 Å². The van der Waals surface area contributed by atoms with Gasteiger partial charge in [0.2, 0.25) is 5.95 Å². The lowest BCUT2D eigenvalue weighted by atomic mass is 9.80. The second kappa shape index (κ2) is 39.5. The molecule has 0 spiro atoms. The summed E-state index contributed by atoms with van der Waals surface area (Å²) in [6, 6.07) is 23.7. The first-order valence-electron chi connectivity index (χ1n) is 39.9. The number of imidazole rings is 2. The third-order valence-corrected chi connectivity index (χ3v) is 30.0. The van der Waals surface area contributed by atoms with E-state index in [0.29, 0.717) is 33.8 Å². The average molecular weight is 2000 g/mol. The summed E-state index contributed by atoms with van der Waals surface area (Å²) in [6.07, 6.45) is -14.1. The highest BCUT2D eigenvalue weighted by molar-refractivity contribution is 8.45. The Balaban J connectivity index is 0.672. The first-order chi connectivity index (χ1) is 61.6. The third kappa shape index (κ3) is 22.0. The first-order valence-corrected chi connectivity index (χ1v) is 53.3. The van der Waals surface area contributed by atoms with Crippen LogP contribution in [0.3, 0.4) is 0 Å². The maximum atomic E-state index is 15.2. The van der Waals surface area contributed by atoms with Crippen molar-refractivity contribution < 1.29 is 106 Å². The Morgan fingerprint density at radius 1 is 0.438 bits per heavy atom. The number of fused-ring (bicyclic) bond motifs is 2. The Morgan fingerprint density at radius 2 is 0.815 bits per heavy atom. The minimum absolute atomic E-state index is 0.0142. The molecule has 0 bridgehead atoms. The maximum Gasteiger partial charge on any atom is 0.386 e. The summed E-state index contributed by atoms with van der Waals surface area (Å²) < 4.78 is 190. The molecule has 0 radical (unpaired) electrons. The van der Waals surface area contributed by atoms with Crippen LogP contribution in [0.5, 0.6) is 11.5 Å². The van der Waals surface area contributed by atoms with E-state index < -0.39 is 198 Å². The van der Waals surface area contributed by atoms with Crippen molar-refractivity contribution in [3.63, 3.8) is 0 Å². The molecular weight excluding hydrogens is 1910 g/mol. The van der Waals surface area contributed by atoms with Gasteiger partial charge in [-0.25, -0.2) is 57.1 Å². The van der Waals surface area contributed by atoms with Crippen LogP contribution >= 0.6 is 95.2 Å². The molecule has 0 aliphatic carbocycles. The van der Waals surface area contributed by atoms with E-state index in [9.17, 15) is 42.5 Å². The van der Waals surface area contributed by atoms with Gasteiger partial charge in [0, 0.05) is 67.4 Å². The van der Waals surface area contributed by atoms with Gasteiger partial charge >= 0.3 is 51.1 Å². The number of anilines is 3. The summed E-state index contributed by atoms with van der Waals surface area (Å²) in [5, 5.41) is 0. The lowest BCUT2D eigenvalue weighted by molar-refractivity contribution is -0.0928. The van der Waals surface area contributed by atoms with Gasteiger partial charge in [-0.2, -0.15) is 9.97 Å². The van der Waals surface area contributed by atoms with Crippen molar-refractivity contribution in [2.75, 3.05) is 64.5 Å². The van der Waals surface area contributed by atoms with Crippen molar-refractivity contribution in [1.29, 1.82) is 0 Å². The van der Waals surface area contributed by atoms with Gasteiger partial charge in [-0.1, -0.05) is 116 Å². The number of hydrogen-bond donors (Lipinski definition) is 11. The molecule has 20 atom stereocenters. The molecule has 5 aliphatic rings. The number of aryl methyl sites for hydroxylation is 3. The summed E-state index contributed by atoms with van der Waals surface area (Å²) in [7, 11) is 3.07. The van der Waals surface area contributed by atoms with Gasteiger partial charge in [-0.05, 0) is 75.6 Å². The van der Waals surface area contributed by atoms with Crippen molar-refractivity contribution >= 4 is 135 Å². The van der Waals surface area contributed by atoms with Crippen molar-refractivity contribution in [2.45, 2.75) is 171 Å². The van der Waals surface area contributed by atoms with E-state index in [0.717, 1.165) is 13.7 Å². The number of rotatable bonds is 37. The van der Waals surface area contributed by atoms with Crippen LogP contribution in [0.2, 0.25) is 0 Å². The number of nitrogens with one attached hydrogen (secondary N) is 3. The van der Waals surface area contributed by atoms with E-state index >= 15 is 9.13 Å². The molecule has 12 heterocycles. The monoisotopic (exact) mass is 2000 g/mol. The molecule has 10 aromatic rings. The minimum Gasteiger partial charge on any atom is -0.497 e. The quantitative estimate of drug-likeness (QED) is 0.00981. The SMILES string of the molecule is COc1ccc(C(OC[C@H]2O[C@@H](n3cc(C)c(=O)[nH]c3=O)C[C@@H]2O[P@](=O)(S)OC[C@H]2O[C@@H](n3cnc4c(N)ncnc43)C[C@@H]2O[P@](=O)(S)OC[C@H]2O[C@@H](n3cnc4c(=O)[nH]c(N)nc43)C[C@@H]2O[P@](=O)(S)OC[C@H]2O[C@@H](n3cc(C)c(=O)[nH]c3=O)C[C@@H]2O[P@](=O)(S)OC[C@H]2O[C@@H](n3cc(C)c(N)nc3=O)C[C@@H]2O[P@](=O)(S)OC(C)C)(c2ccccc2)c2ccc(OC)cc2)cc1. The van der Waals surface area contributed by atoms with Gasteiger partial charge in [0.1, 0.15) is 127 Å². The van der Waals surface area contributed by atoms with Crippen LogP contribution in [0.25, 0.3) is 22.3 Å². The van der Waals surface area contributed by atoms with Crippen molar-refractivity contribution in [3.05, 3.63) is 212 Å². The lowest BCUT2D eigenvalue weighted by Crippen LogP contribution is -2.38. The zero-order valence-corrected chi connectivity index (χ0v) is 78.7. The van der Waals surface area contributed by atoms with Crippen LogP contribution in [0.1, 0.15) is 110 Å². The minimum atomic E-state index is -4.84. The number of H-pyrrole nitrogens is 3. The number of benzene rings is 3. The number of ether oxygens (including phenoxy) is 8. The highest BCUT2D eigenvalue weighted by Crippen LogP contribution is 2.63. The number of methoxy groups -OCH3 is 2. The van der Waals surface area contributed by atoms with E-state index in [1.807, 2.05) is 54.6 Å². The molecule has 5 aliphatic heterocycles. The van der Waals surface area contributed by atoms with Crippen molar-refractivity contribution in [3.8, 4) is 11.5 Å². The predicted molar refractivity (Wildman–Crippen MR) is 480 cm³/mol. The van der Waals surface area contributed by atoms with E-state index in [1.54, 1.807) is 45.0 Å². The molecule has 3 aromatic carbocycles. The standard InChI is InChI=1S/C74H90N17O29P5S5/c1-37(2)115-125(102,130)120-50-23-56(87-26-38(3)63(75)82-71(87)95)112-55(50)33-109-122(99,127)117-47-22-58(89-28-40(5)68(93)86-73(89)97)111-52(47)30-106-123(100,128)119-49-25-60(91-36-81-62-66(91)83-70(77)84-69(62)94)114-54(49)32-108-124(101,129)118-48-24-59(90-35-80-61-64(76)78-34-79-65(61)90)113-53(48)31-107-121(98,126)116-46-21-57(88-27-39(4)67(92)85-72(88)96)110-51(46)29-105-74(41-11-9-8-10-12-41,42-13-17-44(103-6)18-14-42)43-15-19-45(104-7)20-16-43/h8-20,26-28,34-37,46-60H,21-25,29-33H2,1-7H3,(H,98,126)(H,99,127)(H,100,128)(H,101,129)(H,102,130)(H2,75,82,95)(H2,76,78,79)(H,85,92,96)(H,86,93,97)(H3,77,83,84,94)/t46-,47-,48-,49-,50-,51+,52+,53+,54+,55+,56+,57+,58+,59+,60+,121+,122+,123+,124+,125+/m0/s1. The number of aromatic nitrogens is 14. The number of aromatic amines is 3. The number of nitrogens with zero attached hydrogens (tertiary/aromatic N) is 11. The van der Waals surface area contributed by atoms with E-state index in [1.165, 1.54) is 74.8 Å². The van der Waals surface area contributed by atoms with Gasteiger partial charge < -0.3 is 55.1 Å². The third-order valence-electron chi connectivity index (χ3n) is 21.7. The summed E-state index contributed by atoms with van der Waals surface area (Å²) in [6.45, 7) is -18.9. The van der Waals surface area contributed by atoms with Crippen LogP contribution < -0.4 is 60.4 Å². The zero-order valence-electron chi connectivity index (χ0n) is 69.7. The maximum absolute atomic E-state index is 15.2. The molecule has 15 rings (SSSR count). The molecule has 7 aromatic heterocycles. The molecule has 5 fully saturated rings. The largest absolute Gasteiger partial charge is 0.497 e. The van der Waals surface area contributed by atoms with Gasteiger partial charge in [-0.3, -0.25) is 97.4 Å². The summed E-state index contributed by atoms with van der Waals surface area (Å²) in [5.41, 5.74) is 14.7. The van der Waals surface area contributed by atoms with Crippen LogP contribution in [-0.2, 0) is 102 Å². The average Bonchev–Trinajstić information content (AvgIpc) is 1.01. The molecule has 0 amide bonds. The van der Waals surface area contributed by atoms with E-state index in [4.69, 9.17) is 100 Å². The summed E-state index contributed by atoms with van der Waals surface area (Å²) in [5.74, 6) is 0.767. The fourth-order valence-corrected chi connectivity index (χ4v) is 23.7. The summed E-state index contributed by atoms with van der Waals surface area (Å²) >= 11 is 21.8. The van der Waals surface area contributed by atoms with Crippen LogP contribution in [0.15, 0.2) is 145 Å². The molecule has 0 saturated carbocycles. The zero-order chi connectivity index (χ0) is 92.8. The molecule has 700 valence electrons. The molecule has 5 saturated heterocycles. The highest BCUT2D eigenvalue weighted by atomic mass is 32.7. The number of nitrogen functional groups attached to an aromatic ring is 3. The van der Waals surface area contributed by atoms with Gasteiger partial charge in [-0.15, -0.1) is 0 Å². The predicted octanol–water partition coefficient (Wildman–Crippen LogP) is 9.06. The second-order valence-corrected chi connectivity index (χ2v) is 45.2. The second-order valence-electron chi connectivity index (χ2n) is 30.9. The fraction of sp³-hybridized carbons (Fsp3) is 0.459. The summed E-state index contributed by atoms with van der Waals surface area (Å²) in [4.78, 5) is 111. The molecule has 9 N–H and O–H groups in total. The highest BCUT2D eigenvalue weighted by Gasteiger charge is 2.52. The smallest absolute Gasteiger partial charge is 0.386 e. The van der Waals surface area contributed by atoms with Crippen LogP contribution in [0.4, 0.5) is 17.6 Å². The number of thiol groups is 5. The first kappa shape index (κ1) is 96.6. The van der Waals surface area contributed by atoms with Gasteiger partial charge in [0.25, 0.3) is 16.7 Å². The molecule has 130 heavy (non-hydrogen) atoms. The molecular formula is C74H90N17O29P5S5. The number of hydrogen-bond acceptors (Lipinski definition) is 38. The Morgan fingerprint density at radius 3 is 1.24 bits per heavy atom. The Bertz CT molecular complexity index is 6430.